The molecule has 0 radical (unpaired) electrons. The van der Waals surface area contributed by atoms with Crippen LogP contribution in [-0.4, -0.2) is 60.2 Å². The van der Waals surface area contributed by atoms with E-state index in [9.17, 15) is 13.2 Å². The number of hydrogen-bond donors (Lipinski definition) is 3. The van der Waals surface area contributed by atoms with Gasteiger partial charge in [-0.1, -0.05) is 0 Å². The van der Waals surface area contributed by atoms with Crippen molar-refractivity contribution in [2.45, 2.75) is 11.9 Å². The molecule has 8 nitrogen and oxygen atoms in total. The molecule has 2 rings (SSSR count). The van der Waals surface area contributed by atoms with Gasteiger partial charge in [-0.25, -0.2) is 13.2 Å². The van der Waals surface area contributed by atoms with Gasteiger partial charge in [0.15, 0.2) is 0 Å². The molecule has 10 heteroatoms. The van der Waals surface area contributed by atoms with E-state index >= 15 is 0 Å². The van der Waals surface area contributed by atoms with Gasteiger partial charge in [-0.15, -0.1) is 12.4 Å². The van der Waals surface area contributed by atoms with E-state index in [2.05, 4.69) is 15.5 Å². The highest BCUT2D eigenvalue weighted by atomic mass is 35.5. The third-order valence-electron chi connectivity index (χ3n) is 2.79. The number of aromatic amines is 1. The average molecular weight is 311 g/mol. The molecule has 1 aliphatic rings. The highest BCUT2D eigenvalue weighted by Crippen LogP contribution is 2.20. The Labute approximate surface area is 116 Å². The third-order valence-corrected chi connectivity index (χ3v) is 4.62. The van der Waals surface area contributed by atoms with Gasteiger partial charge >= 0.3 is 5.97 Å². The fourth-order valence-corrected chi connectivity index (χ4v) is 3.42. The molecule has 0 amide bonds. The van der Waals surface area contributed by atoms with Crippen LogP contribution in [0.15, 0.2) is 5.03 Å². The lowest BCUT2D eigenvalue weighted by molar-refractivity contribution is 0.0691. The van der Waals surface area contributed by atoms with Crippen molar-refractivity contribution in [3.8, 4) is 0 Å². The number of piperazine rings is 1. The van der Waals surface area contributed by atoms with Crippen LogP contribution in [0.1, 0.15) is 16.1 Å². The van der Waals surface area contributed by atoms with Gasteiger partial charge in [0.05, 0.1) is 0 Å². The van der Waals surface area contributed by atoms with Gasteiger partial charge in [-0.2, -0.15) is 9.40 Å². The molecule has 0 spiro atoms. The molecular formula is C9H15ClN4O4S. The number of nitrogens with zero attached hydrogens (tertiary/aromatic N) is 2. The fourth-order valence-electron chi connectivity index (χ4n) is 1.85. The molecule has 1 aromatic rings. The van der Waals surface area contributed by atoms with Crippen molar-refractivity contribution in [2.24, 2.45) is 0 Å². The van der Waals surface area contributed by atoms with Gasteiger partial charge in [0, 0.05) is 31.9 Å². The average Bonchev–Trinajstić information content (AvgIpc) is 2.73. The lowest BCUT2D eigenvalue weighted by Gasteiger charge is -2.25. The molecule has 2 heterocycles. The van der Waals surface area contributed by atoms with Crippen LogP contribution < -0.4 is 5.32 Å². The summed E-state index contributed by atoms with van der Waals surface area (Å²) in [7, 11) is -3.85. The number of carboxylic acids is 1. The molecule has 0 aliphatic carbocycles. The Hall–Kier alpha value is -1.16. The standard InChI is InChI=1S/C9H14N4O4S.ClH/c1-6-7(9(14)15)8(12-11-6)18(16,17)13-4-2-10-3-5-13;/h10H,2-5H2,1H3,(H,11,12)(H,14,15);1H. The first-order valence-electron chi connectivity index (χ1n) is 5.43. The SMILES string of the molecule is Cc1[nH]nc(S(=O)(=O)N2CCNCC2)c1C(=O)O.Cl. The number of nitrogens with one attached hydrogen (secondary N) is 2. The number of H-pyrrole nitrogens is 1. The van der Waals surface area contributed by atoms with E-state index in [0.717, 1.165) is 0 Å². The first-order chi connectivity index (χ1) is 8.44. The third kappa shape index (κ3) is 2.89. The Kier molecular flexibility index (Phi) is 4.91. The largest absolute Gasteiger partial charge is 0.478 e. The first kappa shape index (κ1) is 15.9. The summed E-state index contributed by atoms with van der Waals surface area (Å²) >= 11 is 0. The number of carboxylic acid groups (broad SMARTS) is 1. The number of hydrogen-bond acceptors (Lipinski definition) is 5. The van der Waals surface area contributed by atoms with Crippen LogP contribution in [0.3, 0.4) is 0 Å². The number of aromatic nitrogens is 2. The molecule has 108 valence electrons. The molecule has 0 atom stereocenters. The second-order valence-electron chi connectivity index (χ2n) is 3.99. The first-order valence-corrected chi connectivity index (χ1v) is 6.87. The number of carbonyl (C=O) groups is 1. The summed E-state index contributed by atoms with van der Waals surface area (Å²) in [6.07, 6.45) is 0. The van der Waals surface area contributed by atoms with Crippen LogP contribution in [0.2, 0.25) is 0 Å². The van der Waals surface area contributed by atoms with Gasteiger partial charge in [0.2, 0.25) is 5.03 Å². The van der Waals surface area contributed by atoms with Gasteiger partial charge < -0.3 is 10.4 Å². The zero-order valence-corrected chi connectivity index (χ0v) is 11.8. The number of sulfonamides is 1. The monoisotopic (exact) mass is 310 g/mol. The molecule has 1 saturated heterocycles. The topological polar surface area (TPSA) is 115 Å². The zero-order chi connectivity index (χ0) is 13.3. The second kappa shape index (κ2) is 5.87. The Morgan fingerprint density at radius 3 is 2.47 bits per heavy atom. The van der Waals surface area contributed by atoms with Crippen LogP contribution in [-0.2, 0) is 10.0 Å². The van der Waals surface area contributed by atoms with Gasteiger partial charge in [0.1, 0.15) is 5.56 Å². The molecule has 1 fully saturated rings. The number of aryl methyl sites for hydroxylation is 1. The Morgan fingerprint density at radius 1 is 1.37 bits per heavy atom. The normalized spacial score (nSPS) is 16.9. The van der Waals surface area contributed by atoms with Gasteiger partial charge in [0.25, 0.3) is 10.0 Å². The minimum Gasteiger partial charge on any atom is -0.478 e. The molecule has 0 bridgehead atoms. The summed E-state index contributed by atoms with van der Waals surface area (Å²) in [5.74, 6) is -1.30. The smallest absolute Gasteiger partial charge is 0.340 e. The highest BCUT2D eigenvalue weighted by Gasteiger charge is 2.33. The molecule has 19 heavy (non-hydrogen) atoms. The van der Waals surface area contributed by atoms with Gasteiger partial charge in [-0.05, 0) is 6.92 Å². The summed E-state index contributed by atoms with van der Waals surface area (Å²) in [5.41, 5.74) is -0.0512. The molecule has 1 aliphatic heterocycles. The maximum absolute atomic E-state index is 12.3. The van der Waals surface area contributed by atoms with Crippen LogP contribution in [0.4, 0.5) is 0 Å². The molecule has 0 aromatic carbocycles. The van der Waals surface area contributed by atoms with E-state index in [1.807, 2.05) is 0 Å². The van der Waals surface area contributed by atoms with Crippen molar-refractivity contribution in [2.75, 3.05) is 26.2 Å². The van der Waals surface area contributed by atoms with Crippen molar-refractivity contribution in [3.63, 3.8) is 0 Å². The Balaban J connectivity index is 0.00000180. The van der Waals surface area contributed by atoms with Crippen LogP contribution in [0.5, 0.6) is 0 Å². The quantitative estimate of drug-likeness (QED) is 0.689. The lowest BCUT2D eigenvalue weighted by atomic mass is 10.3. The van der Waals surface area contributed by atoms with Gasteiger partial charge in [-0.3, -0.25) is 5.10 Å². The Bertz CT molecular complexity index is 565. The molecule has 0 saturated carbocycles. The van der Waals surface area contributed by atoms with Crippen molar-refractivity contribution >= 4 is 28.4 Å². The van der Waals surface area contributed by atoms with Crippen molar-refractivity contribution in [3.05, 3.63) is 11.3 Å². The maximum atomic E-state index is 12.3. The van der Waals surface area contributed by atoms with Crippen molar-refractivity contribution < 1.29 is 18.3 Å². The molecular weight excluding hydrogens is 296 g/mol. The second-order valence-corrected chi connectivity index (χ2v) is 5.84. The molecule has 0 unspecified atom stereocenters. The minimum atomic E-state index is -3.85. The summed E-state index contributed by atoms with van der Waals surface area (Å²) < 4.78 is 25.8. The fraction of sp³-hybridized carbons (Fsp3) is 0.556. The number of halogens is 1. The summed E-state index contributed by atoms with van der Waals surface area (Å²) in [5, 5.41) is 17.7. The van der Waals surface area contributed by atoms with E-state index in [1.165, 1.54) is 11.2 Å². The zero-order valence-electron chi connectivity index (χ0n) is 10.2. The van der Waals surface area contributed by atoms with Crippen LogP contribution in [0.25, 0.3) is 0 Å². The van der Waals surface area contributed by atoms with Crippen molar-refractivity contribution in [1.82, 2.24) is 19.8 Å². The predicted molar refractivity (Wildman–Crippen MR) is 69.2 cm³/mol. The van der Waals surface area contributed by atoms with E-state index in [-0.39, 0.29) is 23.7 Å². The van der Waals surface area contributed by atoms with E-state index in [1.54, 1.807) is 0 Å². The van der Waals surface area contributed by atoms with Crippen LogP contribution in [0, 0.1) is 6.92 Å². The summed E-state index contributed by atoms with van der Waals surface area (Å²) in [6.45, 7) is 3.20. The molecule has 3 N–H and O–H groups in total. The summed E-state index contributed by atoms with van der Waals surface area (Å²) in [4.78, 5) is 11.1. The lowest BCUT2D eigenvalue weighted by Crippen LogP contribution is -2.46. The minimum absolute atomic E-state index is 0. The van der Waals surface area contributed by atoms with E-state index in [4.69, 9.17) is 5.11 Å². The summed E-state index contributed by atoms with van der Waals surface area (Å²) in [6, 6.07) is 0. The van der Waals surface area contributed by atoms with E-state index < -0.39 is 21.0 Å². The van der Waals surface area contributed by atoms with Crippen molar-refractivity contribution in [1.29, 1.82) is 0 Å². The number of aromatic carboxylic acids is 1. The van der Waals surface area contributed by atoms with E-state index in [0.29, 0.717) is 26.2 Å². The highest BCUT2D eigenvalue weighted by molar-refractivity contribution is 7.89. The Morgan fingerprint density at radius 2 is 1.95 bits per heavy atom. The maximum Gasteiger partial charge on any atom is 0.340 e. The van der Waals surface area contributed by atoms with Crippen LogP contribution >= 0.6 is 12.4 Å². The number of rotatable bonds is 3. The molecule has 1 aromatic heterocycles. The predicted octanol–water partition coefficient (Wildman–Crippen LogP) is -0.568.